The van der Waals surface area contributed by atoms with Crippen molar-refractivity contribution in [2.75, 3.05) is 5.32 Å². The van der Waals surface area contributed by atoms with E-state index in [2.05, 4.69) is 15.5 Å². The molecule has 0 saturated carbocycles. The van der Waals surface area contributed by atoms with Crippen LogP contribution in [0.5, 0.6) is 0 Å². The van der Waals surface area contributed by atoms with Crippen LogP contribution in [0.1, 0.15) is 18.0 Å². The average Bonchev–Trinajstić information content (AvgIpc) is 2.83. The van der Waals surface area contributed by atoms with Gasteiger partial charge in [-0.3, -0.25) is 9.89 Å². The van der Waals surface area contributed by atoms with Gasteiger partial charge >= 0.3 is 0 Å². The van der Waals surface area contributed by atoms with E-state index >= 15 is 0 Å². The topological polar surface area (TPSA) is 57.8 Å². The zero-order valence-corrected chi connectivity index (χ0v) is 10.1. The quantitative estimate of drug-likeness (QED) is 0.830. The van der Waals surface area contributed by atoms with Gasteiger partial charge in [0.05, 0.1) is 11.2 Å². The molecule has 0 fully saturated rings. The van der Waals surface area contributed by atoms with E-state index in [0.717, 1.165) is 16.6 Å². The number of anilines is 1. The van der Waals surface area contributed by atoms with Crippen molar-refractivity contribution in [1.82, 2.24) is 10.2 Å². The minimum Gasteiger partial charge on any atom is -0.329 e. The number of halogens is 1. The van der Waals surface area contributed by atoms with Gasteiger partial charge < -0.3 is 5.32 Å². The Morgan fingerprint density at radius 1 is 1.47 bits per heavy atom. The summed E-state index contributed by atoms with van der Waals surface area (Å²) in [5.74, 6) is -0.126. The maximum atomic E-state index is 13.0. The molecule has 0 radical (unpaired) electrons. The summed E-state index contributed by atoms with van der Waals surface area (Å²) in [7, 11) is 0. The van der Waals surface area contributed by atoms with Crippen molar-refractivity contribution < 1.29 is 9.18 Å². The van der Waals surface area contributed by atoms with Gasteiger partial charge in [-0.15, -0.1) is 0 Å². The second kappa shape index (κ2) is 4.68. The van der Waals surface area contributed by atoms with Crippen molar-refractivity contribution >= 4 is 23.0 Å². The van der Waals surface area contributed by atoms with Crippen molar-refractivity contribution in [3.8, 4) is 0 Å². The Morgan fingerprint density at radius 3 is 3.11 bits per heavy atom. The molecule has 3 rings (SSSR count). The van der Waals surface area contributed by atoms with Gasteiger partial charge in [0, 0.05) is 17.0 Å². The maximum absolute atomic E-state index is 13.0. The van der Waals surface area contributed by atoms with Gasteiger partial charge in [0.25, 0.3) is 0 Å². The number of amides is 1. The first-order valence-electron chi connectivity index (χ1n) is 6.00. The molecule has 0 saturated heterocycles. The number of H-pyrrole nitrogens is 1. The number of rotatable bonds is 3. The van der Waals surface area contributed by atoms with Crippen LogP contribution in [-0.4, -0.2) is 16.6 Å². The molecule has 1 amide bonds. The van der Waals surface area contributed by atoms with Crippen LogP contribution in [-0.2, 0) is 4.79 Å². The third kappa shape index (κ3) is 2.14. The first-order valence-corrected chi connectivity index (χ1v) is 6.00. The van der Waals surface area contributed by atoms with Crippen molar-refractivity contribution in [3.05, 3.63) is 47.9 Å². The van der Waals surface area contributed by atoms with Crippen molar-refractivity contribution in [1.29, 1.82) is 0 Å². The zero-order chi connectivity index (χ0) is 13.2. The maximum Gasteiger partial charge on any atom is 0.211 e. The number of carbonyl (C=O) groups is 1. The first kappa shape index (κ1) is 11.6. The Bertz CT molecular complexity index is 687. The Labute approximate surface area is 109 Å². The molecule has 4 nitrogen and oxygen atoms in total. The van der Waals surface area contributed by atoms with Crippen molar-refractivity contribution in [2.24, 2.45) is 0 Å². The molecule has 1 unspecified atom stereocenters. The molecular formula is C14H12FN3O. The number of nitrogens with zero attached hydrogens (tertiary/aromatic N) is 1. The molecule has 96 valence electrons. The molecule has 1 aromatic heterocycles. The summed E-state index contributed by atoms with van der Waals surface area (Å²) < 4.78 is 13.0. The second-order valence-electron chi connectivity index (χ2n) is 4.42. The molecule has 1 aliphatic rings. The lowest BCUT2D eigenvalue weighted by Crippen LogP contribution is -1.99. The van der Waals surface area contributed by atoms with Crippen molar-refractivity contribution in [2.45, 2.75) is 12.3 Å². The highest BCUT2D eigenvalue weighted by Crippen LogP contribution is 2.31. The highest BCUT2D eigenvalue weighted by atomic mass is 19.1. The minimum absolute atomic E-state index is 0.0796. The SMILES string of the molecule is O=CNc1ccc2n[nH]c(C3C=CC(F)=CC3)c2c1. The van der Waals surface area contributed by atoms with Crippen LogP contribution in [0.4, 0.5) is 10.1 Å². The van der Waals surface area contributed by atoms with E-state index in [1.165, 1.54) is 6.08 Å². The number of hydrogen-bond donors (Lipinski definition) is 2. The Balaban J connectivity index is 2.02. The normalized spacial score (nSPS) is 18.4. The number of allylic oxidation sites excluding steroid dienone is 4. The van der Waals surface area contributed by atoms with E-state index in [-0.39, 0.29) is 11.7 Å². The predicted octanol–water partition coefficient (Wildman–Crippen LogP) is 3.03. The molecule has 0 bridgehead atoms. The molecule has 2 aromatic rings. The van der Waals surface area contributed by atoms with Crippen molar-refractivity contribution in [3.63, 3.8) is 0 Å². The van der Waals surface area contributed by atoms with Crippen LogP contribution in [0, 0.1) is 0 Å². The molecule has 5 heteroatoms. The third-order valence-corrected chi connectivity index (χ3v) is 3.23. The van der Waals surface area contributed by atoms with Crippen LogP contribution >= 0.6 is 0 Å². The molecule has 0 aliphatic heterocycles. The highest BCUT2D eigenvalue weighted by Gasteiger charge is 2.16. The summed E-state index contributed by atoms with van der Waals surface area (Å²) in [4.78, 5) is 10.5. The summed E-state index contributed by atoms with van der Waals surface area (Å²) in [6.45, 7) is 0. The van der Waals surface area contributed by atoms with E-state index in [9.17, 15) is 9.18 Å². The fourth-order valence-electron chi connectivity index (χ4n) is 2.28. The lowest BCUT2D eigenvalue weighted by molar-refractivity contribution is -0.105. The molecule has 1 aromatic carbocycles. The lowest BCUT2D eigenvalue weighted by atomic mass is 9.94. The summed E-state index contributed by atoms with van der Waals surface area (Å²) in [5.41, 5.74) is 2.48. The van der Waals surface area contributed by atoms with E-state index in [4.69, 9.17) is 0 Å². The standard InChI is InChI=1S/C14H12FN3O/c15-10-3-1-9(2-4-10)14-12-7-11(16-8-19)5-6-13(12)17-18-14/h1,3-9H,2H2,(H,16,19)(H,17,18). The molecule has 1 aliphatic carbocycles. The molecule has 19 heavy (non-hydrogen) atoms. The lowest BCUT2D eigenvalue weighted by Gasteiger charge is -2.12. The number of hydrogen-bond acceptors (Lipinski definition) is 2. The Morgan fingerprint density at radius 2 is 2.37 bits per heavy atom. The molecule has 0 spiro atoms. The van der Waals surface area contributed by atoms with Gasteiger partial charge in [-0.2, -0.15) is 5.10 Å². The van der Waals surface area contributed by atoms with Gasteiger partial charge in [-0.1, -0.05) is 6.08 Å². The molecule has 2 N–H and O–H groups in total. The fourth-order valence-corrected chi connectivity index (χ4v) is 2.28. The molecular weight excluding hydrogens is 245 g/mol. The van der Waals surface area contributed by atoms with Gasteiger partial charge in [0.15, 0.2) is 0 Å². The number of aromatic nitrogens is 2. The van der Waals surface area contributed by atoms with Crippen LogP contribution in [0.25, 0.3) is 10.9 Å². The predicted molar refractivity (Wildman–Crippen MR) is 71.5 cm³/mol. The largest absolute Gasteiger partial charge is 0.329 e. The van der Waals surface area contributed by atoms with E-state index < -0.39 is 0 Å². The highest BCUT2D eigenvalue weighted by molar-refractivity contribution is 5.87. The van der Waals surface area contributed by atoms with E-state index in [1.54, 1.807) is 12.1 Å². The van der Waals surface area contributed by atoms with Crippen LogP contribution in [0.15, 0.2) is 42.3 Å². The smallest absolute Gasteiger partial charge is 0.211 e. The Hall–Kier alpha value is -2.43. The van der Waals surface area contributed by atoms with Crippen LogP contribution in [0.2, 0.25) is 0 Å². The third-order valence-electron chi connectivity index (χ3n) is 3.23. The number of fused-ring (bicyclic) bond motifs is 1. The Kier molecular flexibility index (Phi) is 2.87. The minimum atomic E-state index is -0.205. The number of benzene rings is 1. The van der Waals surface area contributed by atoms with Crippen LogP contribution < -0.4 is 5.32 Å². The average molecular weight is 257 g/mol. The van der Waals surface area contributed by atoms with Gasteiger partial charge in [-0.25, -0.2) is 4.39 Å². The molecule has 1 heterocycles. The van der Waals surface area contributed by atoms with Gasteiger partial charge in [0.1, 0.15) is 5.83 Å². The zero-order valence-electron chi connectivity index (χ0n) is 10.1. The monoisotopic (exact) mass is 257 g/mol. The summed E-state index contributed by atoms with van der Waals surface area (Å²) in [5, 5.41) is 10.8. The van der Waals surface area contributed by atoms with E-state index in [0.29, 0.717) is 18.5 Å². The summed E-state index contributed by atoms with van der Waals surface area (Å²) in [6.07, 6.45) is 6.09. The molecule has 1 atom stereocenters. The summed E-state index contributed by atoms with van der Waals surface area (Å²) >= 11 is 0. The second-order valence-corrected chi connectivity index (χ2v) is 4.42. The van der Waals surface area contributed by atoms with Crippen LogP contribution in [0.3, 0.4) is 0 Å². The first-order chi connectivity index (χ1) is 9.28. The van der Waals surface area contributed by atoms with Gasteiger partial charge in [0.2, 0.25) is 6.41 Å². The van der Waals surface area contributed by atoms with E-state index in [1.807, 2.05) is 18.2 Å². The summed E-state index contributed by atoms with van der Waals surface area (Å²) in [6, 6.07) is 5.49. The van der Waals surface area contributed by atoms with Gasteiger partial charge in [-0.05, 0) is 36.8 Å². The number of carbonyl (C=O) groups excluding carboxylic acids is 1. The number of aromatic amines is 1. The number of nitrogens with one attached hydrogen (secondary N) is 2. The fraction of sp³-hybridized carbons (Fsp3) is 0.143.